The van der Waals surface area contributed by atoms with Gasteiger partial charge in [0, 0.05) is 30.2 Å². The number of ether oxygens (including phenoxy) is 1. The van der Waals surface area contributed by atoms with E-state index in [9.17, 15) is 0 Å². The molecule has 1 aliphatic rings. The molecular formula is C19H22N4OS. The SMILES string of the molecule is CCc1cc2c(NCc3ccccc3N3CCOCC3)ncnc2s1. The van der Waals surface area contributed by atoms with Gasteiger partial charge in [0.2, 0.25) is 0 Å². The second-order valence-corrected chi connectivity index (χ2v) is 7.20. The third-order valence-corrected chi connectivity index (χ3v) is 5.71. The Bertz CT molecular complexity index is 858. The average molecular weight is 354 g/mol. The standard InChI is InChI=1S/C19H22N4OS/c1-2-15-11-16-18(21-13-22-19(16)25-15)20-12-14-5-3-4-6-17(14)23-7-9-24-10-8-23/h3-6,11,13H,2,7-10,12H2,1H3,(H,20,21,22). The molecule has 4 rings (SSSR count). The predicted octanol–water partition coefficient (Wildman–Crippen LogP) is 3.70. The molecule has 5 nitrogen and oxygen atoms in total. The highest BCUT2D eigenvalue weighted by molar-refractivity contribution is 7.18. The fourth-order valence-electron chi connectivity index (χ4n) is 3.17. The van der Waals surface area contributed by atoms with Crippen molar-refractivity contribution in [3.63, 3.8) is 0 Å². The highest BCUT2D eigenvalue weighted by Crippen LogP contribution is 2.29. The fraction of sp³-hybridized carbons (Fsp3) is 0.368. The van der Waals surface area contributed by atoms with E-state index in [1.807, 2.05) is 0 Å². The summed E-state index contributed by atoms with van der Waals surface area (Å²) in [5.74, 6) is 0.915. The van der Waals surface area contributed by atoms with Crippen LogP contribution in [0, 0.1) is 0 Å². The number of fused-ring (bicyclic) bond motifs is 1. The van der Waals surface area contributed by atoms with E-state index in [4.69, 9.17) is 4.74 Å². The molecular weight excluding hydrogens is 332 g/mol. The number of para-hydroxylation sites is 1. The Balaban J connectivity index is 1.57. The van der Waals surface area contributed by atoms with Gasteiger partial charge >= 0.3 is 0 Å². The summed E-state index contributed by atoms with van der Waals surface area (Å²) in [6.07, 6.45) is 2.68. The first-order valence-corrected chi connectivity index (χ1v) is 9.54. The number of aromatic nitrogens is 2. The smallest absolute Gasteiger partial charge is 0.138 e. The lowest BCUT2D eigenvalue weighted by molar-refractivity contribution is 0.122. The van der Waals surface area contributed by atoms with Crippen molar-refractivity contribution in [1.29, 1.82) is 0 Å². The van der Waals surface area contributed by atoms with Gasteiger partial charge in [-0.05, 0) is 24.1 Å². The maximum absolute atomic E-state index is 5.48. The van der Waals surface area contributed by atoms with Crippen LogP contribution >= 0.6 is 11.3 Å². The van der Waals surface area contributed by atoms with E-state index in [2.05, 4.69) is 57.4 Å². The Morgan fingerprint density at radius 2 is 2.04 bits per heavy atom. The molecule has 1 N–H and O–H groups in total. The fourth-order valence-corrected chi connectivity index (χ4v) is 4.11. The Labute approximate surface area is 151 Å². The van der Waals surface area contributed by atoms with Crippen LogP contribution in [0.3, 0.4) is 0 Å². The van der Waals surface area contributed by atoms with Crippen LogP contribution in [0.25, 0.3) is 10.2 Å². The van der Waals surface area contributed by atoms with E-state index in [1.165, 1.54) is 16.1 Å². The van der Waals surface area contributed by atoms with E-state index >= 15 is 0 Å². The van der Waals surface area contributed by atoms with Gasteiger partial charge in [-0.15, -0.1) is 11.3 Å². The molecule has 1 aliphatic heterocycles. The first kappa shape index (κ1) is 16.3. The van der Waals surface area contributed by atoms with Crippen LogP contribution in [0.1, 0.15) is 17.4 Å². The van der Waals surface area contributed by atoms with E-state index < -0.39 is 0 Å². The van der Waals surface area contributed by atoms with Crippen molar-refractivity contribution in [3.8, 4) is 0 Å². The molecule has 6 heteroatoms. The second-order valence-electron chi connectivity index (χ2n) is 6.09. The minimum atomic E-state index is 0.747. The summed E-state index contributed by atoms with van der Waals surface area (Å²) < 4.78 is 5.48. The Morgan fingerprint density at radius 1 is 1.20 bits per heavy atom. The Kier molecular flexibility index (Phi) is 4.81. The number of thiophene rings is 1. The highest BCUT2D eigenvalue weighted by atomic mass is 32.1. The Hall–Kier alpha value is -2.18. The third-order valence-electron chi connectivity index (χ3n) is 4.52. The molecule has 1 saturated heterocycles. The van der Waals surface area contributed by atoms with Crippen LogP contribution in [-0.2, 0) is 17.7 Å². The maximum Gasteiger partial charge on any atom is 0.138 e. The summed E-state index contributed by atoms with van der Waals surface area (Å²) in [5.41, 5.74) is 2.56. The molecule has 3 aromatic rings. The number of hydrogen-bond donors (Lipinski definition) is 1. The van der Waals surface area contributed by atoms with Crippen molar-refractivity contribution >= 4 is 33.1 Å². The topological polar surface area (TPSA) is 50.3 Å². The molecule has 0 amide bonds. The lowest BCUT2D eigenvalue weighted by atomic mass is 10.1. The number of rotatable bonds is 5. The number of nitrogens with zero attached hydrogens (tertiary/aromatic N) is 3. The molecule has 0 bridgehead atoms. The molecule has 0 unspecified atom stereocenters. The summed E-state index contributed by atoms with van der Waals surface area (Å²) in [7, 11) is 0. The van der Waals surface area contributed by atoms with Crippen LogP contribution in [0.5, 0.6) is 0 Å². The summed E-state index contributed by atoms with van der Waals surface area (Å²) in [5, 5.41) is 4.64. The van der Waals surface area contributed by atoms with Crippen LogP contribution in [0.2, 0.25) is 0 Å². The van der Waals surface area contributed by atoms with Gasteiger partial charge in [-0.2, -0.15) is 0 Å². The Morgan fingerprint density at radius 3 is 2.88 bits per heavy atom. The van der Waals surface area contributed by atoms with Crippen molar-refractivity contribution in [2.24, 2.45) is 0 Å². The molecule has 130 valence electrons. The van der Waals surface area contributed by atoms with Gasteiger partial charge in [0.05, 0.1) is 18.6 Å². The molecule has 0 atom stereocenters. The zero-order chi connectivity index (χ0) is 17.1. The summed E-state index contributed by atoms with van der Waals surface area (Å²) >= 11 is 1.75. The van der Waals surface area contributed by atoms with Gasteiger partial charge in [-0.1, -0.05) is 25.1 Å². The summed E-state index contributed by atoms with van der Waals surface area (Å²) in [6.45, 7) is 6.39. The van der Waals surface area contributed by atoms with Crippen molar-refractivity contribution in [2.75, 3.05) is 36.5 Å². The number of morpholine rings is 1. The monoisotopic (exact) mass is 354 g/mol. The number of nitrogens with one attached hydrogen (secondary N) is 1. The van der Waals surface area contributed by atoms with Crippen LogP contribution in [0.4, 0.5) is 11.5 Å². The van der Waals surface area contributed by atoms with E-state index in [1.54, 1.807) is 17.7 Å². The van der Waals surface area contributed by atoms with Crippen LogP contribution in [0.15, 0.2) is 36.7 Å². The van der Waals surface area contributed by atoms with Gasteiger partial charge < -0.3 is 15.0 Å². The minimum Gasteiger partial charge on any atom is -0.378 e. The number of aryl methyl sites for hydroxylation is 1. The molecule has 25 heavy (non-hydrogen) atoms. The maximum atomic E-state index is 5.48. The number of benzene rings is 1. The van der Waals surface area contributed by atoms with Gasteiger partial charge in [0.25, 0.3) is 0 Å². The van der Waals surface area contributed by atoms with Gasteiger partial charge in [0.1, 0.15) is 17.0 Å². The van der Waals surface area contributed by atoms with Crippen LogP contribution < -0.4 is 10.2 Å². The molecule has 2 aromatic heterocycles. The second kappa shape index (κ2) is 7.37. The molecule has 0 saturated carbocycles. The quantitative estimate of drug-likeness (QED) is 0.757. The number of hydrogen-bond acceptors (Lipinski definition) is 6. The van der Waals surface area contributed by atoms with Crippen molar-refractivity contribution in [1.82, 2.24) is 9.97 Å². The van der Waals surface area contributed by atoms with Gasteiger partial charge in [-0.25, -0.2) is 9.97 Å². The van der Waals surface area contributed by atoms with Gasteiger partial charge in [-0.3, -0.25) is 0 Å². The largest absolute Gasteiger partial charge is 0.378 e. The summed E-state index contributed by atoms with van der Waals surface area (Å²) in [6, 6.07) is 10.8. The lowest BCUT2D eigenvalue weighted by Crippen LogP contribution is -2.36. The van der Waals surface area contributed by atoms with Gasteiger partial charge in [0.15, 0.2) is 0 Å². The van der Waals surface area contributed by atoms with Crippen molar-refractivity contribution in [2.45, 2.75) is 19.9 Å². The normalized spacial score (nSPS) is 14.8. The summed E-state index contributed by atoms with van der Waals surface area (Å²) in [4.78, 5) is 13.7. The molecule has 1 aromatic carbocycles. The van der Waals surface area contributed by atoms with E-state index in [0.717, 1.165) is 55.3 Å². The lowest BCUT2D eigenvalue weighted by Gasteiger charge is -2.30. The third kappa shape index (κ3) is 3.45. The number of anilines is 2. The highest BCUT2D eigenvalue weighted by Gasteiger charge is 2.15. The predicted molar refractivity (Wildman–Crippen MR) is 104 cm³/mol. The van der Waals surface area contributed by atoms with Crippen molar-refractivity contribution in [3.05, 3.63) is 47.1 Å². The average Bonchev–Trinajstić information content (AvgIpc) is 3.11. The molecule has 0 radical (unpaired) electrons. The molecule has 0 aliphatic carbocycles. The molecule has 1 fully saturated rings. The molecule has 0 spiro atoms. The van der Waals surface area contributed by atoms with Crippen LogP contribution in [-0.4, -0.2) is 36.3 Å². The van der Waals surface area contributed by atoms with E-state index in [0.29, 0.717) is 0 Å². The minimum absolute atomic E-state index is 0.747. The van der Waals surface area contributed by atoms with Crippen molar-refractivity contribution < 1.29 is 4.74 Å². The van der Waals surface area contributed by atoms with E-state index in [-0.39, 0.29) is 0 Å². The first-order chi connectivity index (χ1) is 12.3. The molecule has 3 heterocycles. The zero-order valence-electron chi connectivity index (χ0n) is 14.4. The first-order valence-electron chi connectivity index (χ1n) is 8.73. The zero-order valence-corrected chi connectivity index (χ0v) is 15.2.